The second-order valence-corrected chi connectivity index (χ2v) is 3.74. The summed E-state index contributed by atoms with van der Waals surface area (Å²) in [5.74, 6) is 0. The van der Waals surface area contributed by atoms with E-state index < -0.39 is 0 Å². The molecule has 0 atom stereocenters. The van der Waals surface area contributed by atoms with Crippen molar-refractivity contribution in [2.24, 2.45) is 5.10 Å². The van der Waals surface area contributed by atoms with Gasteiger partial charge in [-0.3, -0.25) is 0 Å². The molecule has 0 bridgehead atoms. The molecular formula is C12H24N2. The maximum Gasteiger partial charge on any atom is 0.0467 e. The fourth-order valence-electron chi connectivity index (χ4n) is 1.19. The lowest BCUT2D eigenvalue weighted by molar-refractivity contribution is 0.440. The Morgan fingerprint density at radius 3 is 2.43 bits per heavy atom. The fraction of sp³-hybridized carbons (Fsp3) is 0.750. The van der Waals surface area contributed by atoms with Crippen LogP contribution in [0.2, 0.25) is 0 Å². The first-order valence-electron chi connectivity index (χ1n) is 5.63. The zero-order valence-electron chi connectivity index (χ0n) is 9.87. The van der Waals surface area contributed by atoms with Crippen LogP contribution in [-0.4, -0.2) is 25.3 Å². The first kappa shape index (κ1) is 13.2. The average molecular weight is 196 g/mol. The van der Waals surface area contributed by atoms with Crippen LogP contribution in [-0.2, 0) is 0 Å². The summed E-state index contributed by atoms with van der Waals surface area (Å²) in [6, 6.07) is 0. The minimum Gasteiger partial charge on any atom is -0.303 e. The molecular weight excluding hydrogens is 172 g/mol. The fourth-order valence-corrected chi connectivity index (χ4v) is 1.19. The summed E-state index contributed by atoms with van der Waals surface area (Å²) in [6.45, 7) is 2.25. The van der Waals surface area contributed by atoms with Crippen molar-refractivity contribution in [1.29, 1.82) is 0 Å². The molecule has 0 aliphatic heterocycles. The van der Waals surface area contributed by atoms with Gasteiger partial charge in [-0.25, -0.2) is 0 Å². The van der Waals surface area contributed by atoms with E-state index in [1.165, 1.54) is 38.5 Å². The highest BCUT2D eigenvalue weighted by Gasteiger charge is 1.85. The smallest absolute Gasteiger partial charge is 0.0467 e. The molecule has 0 heterocycles. The third-order valence-corrected chi connectivity index (χ3v) is 1.99. The molecule has 0 N–H and O–H groups in total. The summed E-state index contributed by atoms with van der Waals surface area (Å²) in [7, 11) is 3.85. The van der Waals surface area contributed by atoms with Gasteiger partial charge in [0.05, 0.1) is 0 Å². The van der Waals surface area contributed by atoms with Crippen LogP contribution in [0.5, 0.6) is 0 Å². The van der Waals surface area contributed by atoms with Crippen LogP contribution in [0.15, 0.2) is 17.3 Å². The van der Waals surface area contributed by atoms with E-state index in [0.29, 0.717) is 0 Å². The highest BCUT2D eigenvalue weighted by molar-refractivity contribution is 5.70. The number of unbranched alkanes of at least 4 members (excludes halogenated alkanes) is 5. The molecule has 0 aliphatic carbocycles. The molecule has 0 saturated heterocycles. The van der Waals surface area contributed by atoms with Gasteiger partial charge in [-0.15, -0.1) is 0 Å². The normalized spacial score (nSPS) is 11.6. The minimum atomic E-state index is 1.18. The lowest BCUT2D eigenvalue weighted by Crippen LogP contribution is -2.00. The van der Waals surface area contributed by atoms with Crippen molar-refractivity contribution in [2.45, 2.75) is 45.4 Å². The number of hydrogen-bond donors (Lipinski definition) is 0. The van der Waals surface area contributed by atoms with Crippen molar-refractivity contribution in [2.75, 3.05) is 14.1 Å². The summed E-state index contributed by atoms with van der Waals surface area (Å²) >= 11 is 0. The van der Waals surface area contributed by atoms with E-state index in [0.717, 1.165) is 0 Å². The Hall–Kier alpha value is -0.790. The summed E-state index contributed by atoms with van der Waals surface area (Å²) in [5, 5.41) is 5.89. The number of nitrogens with zero attached hydrogens (tertiary/aromatic N) is 2. The van der Waals surface area contributed by atoms with Crippen molar-refractivity contribution in [3.63, 3.8) is 0 Å². The quantitative estimate of drug-likeness (QED) is 0.330. The molecule has 0 fully saturated rings. The Labute approximate surface area is 88.7 Å². The molecule has 0 radical (unpaired) electrons. The molecule has 2 nitrogen and oxygen atoms in total. The number of hydrogen-bond acceptors (Lipinski definition) is 2. The topological polar surface area (TPSA) is 15.6 Å². The Bertz CT molecular complexity index is 160. The van der Waals surface area contributed by atoms with Gasteiger partial charge >= 0.3 is 0 Å². The van der Waals surface area contributed by atoms with Crippen LogP contribution in [0, 0.1) is 0 Å². The van der Waals surface area contributed by atoms with E-state index in [-0.39, 0.29) is 0 Å². The summed E-state index contributed by atoms with van der Waals surface area (Å²) < 4.78 is 0. The van der Waals surface area contributed by atoms with Crippen molar-refractivity contribution in [3.05, 3.63) is 12.2 Å². The molecule has 14 heavy (non-hydrogen) atoms. The molecule has 82 valence electrons. The van der Waals surface area contributed by atoms with Gasteiger partial charge in [-0.05, 0) is 18.9 Å². The van der Waals surface area contributed by atoms with Crippen molar-refractivity contribution < 1.29 is 0 Å². The summed E-state index contributed by atoms with van der Waals surface area (Å²) in [5.41, 5.74) is 0. The molecule has 0 rings (SSSR count). The predicted molar refractivity (Wildman–Crippen MR) is 64.7 cm³/mol. The van der Waals surface area contributed by atoms with Crippen LogP contribution in [0.25, 0.3) is 0 Å². The van der Waals surface area contributed by atoms with Gasteiger partial charge in [-0.1, -0.05) is 38.7 Å². The van der Waals surface area contributed by atoms with E-state index >= 15 is 0 Å². The molecule has 0 aromatic heterocycles. The standard InChI is InChI=1S/C12H24N2/c1-4-5-6-7-8-9-10-11-12-13-14(2)3/h10-12H,4-9H2,1-3H3/b11-10+,13-12+. The maximum absolute atomic E-state index is 4.09. The summed E-state index contributed by atoms with van der Waals surface area (Å²) in [4.78, 5) is 0. The molecule has 0 unspecified atom stereocenters. The van der Waals surface area contributed by atoms with Crippen LogP contribution in [0.1, 0.15) is 45.4 Å². The third-order valence-electron chi connectivity index (χ3n) is 1.99. The van der Waals surface area contributed by atoms with Gasteiger partial charge in [0.25, 0.3) is 0 Å². The Balaban J connectivity index is 3.19. The number of hydrazone groups is 1. The predicted octanol–water partition coefficient (Wildman–Crippen LogP) is 3.45. The zero-order valence-corrected chi connectivity index (χ0v) is 9.87. The molecule has 0 aromatic carbocycles. The summed E-state index contributed by atoms with van der Waals surface area (Å²) in [6.07, 6.45) is 14.0. The zero-order chi connectivity index (χ0) is 10.6. The molecule has 0 amide bonds. The lowest BCUT2D eigenvalue weighted by atomic mass is 10.1. The van der Waals surface area contributed by atoms with Crippen molar-refractivity contribution in [1.82, 2.24) is 5.01 Å². The Kier molecular flexibility index (Phi) is 9.71. The van der Waals surface area contributed by atoms with E-state index in [1.54, 1.807) is 5.01 Å². The number of allylic oxidation sites excluding steroid dienone is 2. The molecule has 2 heteroatoms. The Morgan fingerprint density at radius 2 is 1.79 bits per heavy atom. The van der Waals surface area contributed by atoms with E-state index in [2.05, 4.69) is 18.1 Å². The van der Waals surface area contributed by atoms with E-state index in [4.69, 9.17) is 0 Å². The van der Waals surface area contributed by atoms with E-state index in [9.17, 15) is 0 Å². The molecule has 0 aliphatic rings. The molecule has 0 aromatic rings. The van der Waals surface area contributed by atoms with Gasteiger partial charge in [0.1, 0.15) is 0 Å². The largest absolute Gasteiger partial charge is 0.303 e. The second kappa shape index (κ2) is 10.3. The third kappa shape index (κ3) is 11.2. The average Bonchev–Trinajstić information content (AvgIpc) is 2.15. The van der Waals surface area contributed by atoms with Gasteiger partial charge in [0.15, 0.2) is 0 Å². The monoisotopic (exact) mass is 196 g/mol. The Morgan fingerprint density at radius 1 is 1.07 bits per heavy atom. The van der Waals surface area contributed by atoms with Gasteiger partial charge in [0, 0.05) is 20.3 Å². The minimum absolute atomic E-state index is 1.18. The maximum atomic E-state index is 4.09. The second-order valence-electron chi connectivity index (χ2n) is 3.74. The van der Waals surface area contributed by atoms with Crippen LogP contribution in [0.3, 0.4) is 0 Å². The van der Waals surface area contributed by atoms with Crippen LogP contribution >= 0.6 is 0 Å². The number of rotatable bonds is 8. The first-order valence-corrected chi connectivity index (χ1v) is 5.63. The van der Waals surface area contributed by atoms with Gasteiger partial charge in [0.2, 0.25) is 0 Å². The van der Waals surface area contributed by atoms with Gasteiger partial charge < -0.3 is 5.01 Å². The highest BCUT2D eigenvalue weighted by Crippen LogP contribution is 2.04. The van der Waals surface area contributed by atoms with Gasteiger partial charge in [-0.2, -0.15) is 5.10 Å². The highest BCUT2D eigenvalue weighted by atomic mass is 15.4. The van der Waals surface area contributed by atoms with Crippen molar-refractivity contribution >= 4 is 6.21 Å². The van der Waals surface area contributed by atoms with Crippen LogP contribution in [0.4, 0.5) is 0 Å². The van der Waals surface area contributed by atoms with Crippen molar-refractivity contribution in [3.8, 4) is 0 Å². The molecule has 0 spiro atoms. The van der Waals surface area contributed by atoms with E-state index in [1.807, 2.05) is 26.4 Å². The first-order chi connectivity index (χ1) is 6.77. The lowest BCUT2D eigenvalue weighted by Gasteiger charge is -1.99. The van der Waals surface area contributed by atoms with Crippen LogP contribution < -0.4 is 0 Å². The SMILES string of the molecule is CCCCCCC/C=C/C=N/N(C)C. The molecule has 0 saturated carbocycles.